The van der Waals surface area contributed by atoms with Crippen LogP contribution in [0.25, 0.3) is 0 Å². The number of aromatic nitrogens is 1. The Balaban J connectivity index is 1.75. The fourth-order valence-corrected chi connectivity index (χ4v) is 4.53. The molecule has 0 amide bonds. The van der Waals surface area contributed by atoms with Crippen molar-refractivity contribution < 1.29 is 13.2 Å². The van der Waals surface area contributed by atoms with Crippen molar-refractivity contribution in [2.24, 2.45) is 7.05 Å². The van der Waals surface area contributed by atoms with Crippen molar-refractivity contribution in [3.63, 3.8) is 0 Å². The fourth-order valence-electron chi connectivity index (χ4n) is 2.93. The van der Waals surface area contributed by atoms with Crippen LogP contribution < -0.4 is 10.3 Å². The highest BCUT2D eigenvalue weighted by Gasteiger charge is 2.33. The van der Waals surface area contributed by atoms with Gasteiger partial charge >= 0.3 is 0 Å². The number of benzene rings is 1. The minimum atomic E-state index is -3.52. The maximum Gasteiger partial charge on any atom is 0.254 e. The molecule has 2 aromatic rings. The second kappa shape index (κ2) is 6.65. The highest BCUT2D eigenvalue weighted by Crippen LogP contribution is 2.24. The van der Waals surface area contributed by atoms with Gasteiger partial charge in [0.15, 0.2) is 0 Å². The molecule has 0 N–H and O–H groups in total. The first-order valence-electron chi connectivity index (χ1n) is 8.18. The summed E-state index contributed by atoms with van der Waals surface area (Å²) in [4.78, 5) is 12.2. The van der Waals surface area contributed by atoms with Crippen molar-refractivity contribution in [3.8, 4) is 5.75 Å². The molecule has 1 saturated heterocycles. The number of aryl methyl sites for hydroxylation is 2. The Hall–Kier alpha value is -2.12. The van der Waals surface area contributed by atoms with Crippen molar-refractivity contribution in [1.29, 1.82) is 0 Å². The van der Waals surface area contributed by atoms with E-state index in [4.69, 9.17) is 4.74 Å². The minimum absolute atomic E-state index is 0.141. The van der Waals surface area contributed by atoms with E-state index in [9.17, 15) is 13.2 Å². The van der Waals surface area contributed by atoms with Crippen LogP contribution in [-0.2, 0) is 17.1 Å². The molecule has 2 heterocycles. The van der Waals surface area contributed by atoms with E-state index < -0.39 is 10.0 Å². The zero-order valence-electron chi connectivity index (χ0n) is 14.6. The van der Waals surface area contributed by atoms with Crippen LogP contribution in [-0.4, -0.2) is 36.5 Å². The average Bonchev–Trinajstić information content (AvgIpc) is 3.02. The molecule has 1 atom stereocenters. The number of nitrogens with zero attached hydrogens (tertiary/aromatic N) is 2. The molecular weight excluding hydrogens is 340 g/mol. The predicted octanol–water partition coefficient (Wildman–Crippen LogP) is 1.84. The predicted molar refractivity (Wildman–Crippen MR) is 95.4 cm³/mol. The van der Waals surface area contributed by atoms with E-state index in [0.717, 1.165) is 11.3 Å². The van der Waals surface area contributed by atoms with Gasteiger partial charge in [0, 0.05) is 25.4 Å². The van der Waals surface area contributed by atoms with Crippen LogP contribution in [0.2, 0.25) is 0 Å². The lowest BCUT2D eigenvalue weighted by Crippen LogP contribution is -2.31. The molecule has 0 radical (unpaired) electrons. The summed E-state index contributed by atoms with van der Waals surface area (Å²) >= 11 is 0. The Kier molecular flexibility index (Phi) is 4.71. The molecule has 1 aliphatic rings. The third-order valence-corrected chi connectivity index (χ3v) is 6.38. The second-order valence-electron chi connectivity index (χ2n) is 6.44. The first-order chi connectivity index (χ1) is 11.8. The Bertz CT molecular complexity index is 950. The lowest BCUT2D eigenvalue weighted by molar-refractivity contribution is 0.214. The maximum absolute atomic E-state index is 12.8. The van der Waals surface area contributed by atoms with Gasteiger partial charge < -0.3 is 9.30 Å². The Labute approximate surface area is 147 Å². The molecule has 1 aromatic carbocycles. The van der Waals surface area contributed by atoms with Crippen molar-refractivity contribution in [3.05, 3.63) is 58.0 Å². The normalized spacial score (nSPS) is 18.4. The molecule has 0 bridgehead atoms. The van der Waals surface area contributed by atoms with Crippen molar-refractivity contribution in [2.75, 3.05) is 13.1 Å². The van der Waals surface area contributed by atoms with Gasteiger partial charge in [0.25, 0.3) is 5.56 Å². The zero-order valence-corrected chi connectivity index (χ0v) is 15.4. The number of hydrogen-bond acceptors (Lipinski definition) is 4. The smallest absolute Gasteiger partial charge is 0.254 e. The molecule has 6 nitrogen and oxygen atoms in total. The van der Waals surface area contributed by atoms with E-state index in [1.54, 1.807) is 31.3 Å². The Morgan fingerprint density at radius 1 is 1.16 bits per heavy atom. The van der Waals surface area contributed by atoms with E-state index in [-0.39, 0.29) is 18.2 Å². The summed E-state index contributed by atoms with van der Waals surface area (Å²) in [5.74, 6) is 0.486. The number of sulfonamides is 1. The number of ether oxygens (including phenoxy) is 1. The summed E-state index contributed by atoms with van der Waals surface area (Å²) in [5, 5.41) is 0. The van der Waals surface area contributed by atoms with Gasteiger partial charge in [-0.05, 0) is 44.0 Å². The van der Waals surface area contributed by atoms with E-state index in [1.807, 2.05) is 19.9 Å². The Morgan fingerprint density at radius 3 is 2.60 bits per heavy atom. The molecular formula is C18H22N2O4S. The molecule has 25 heavy (non-hydrogen) atoms. The van der Waals surface area contributed by atoms with Crippen LogP contribution in [0.15, 0.2) is 46.1 Å². The van der Waals surface area contributed by atoms with Gasteiger partial charge in [0.05, 0.1) is 11.4 Å². The van der Waals surface area contributed by atoms with Gasteiger partial charge in [0.1, 0.15) is 11.9 Å². The summed E-state index contributed by atoms with van der Waals surface area (Å²) in [6.07, 6.45) is 0.338. The molecule has 0 spiro atoms. The highest BCUT2D eigenvalue weighted by atomic mass is 32.2. The maximum atomic E-state index is 12.8. The monoisotopic (exact) mass is 362 g/mol. The minimum Gasteiger partial charge on any atom is -0.489 e. The Morgan fingerprint density at radius 2 is 1.92 bits per heavy atom. The molecule has 1 aliphatic heterocycles. The first-order valence-corrected chi connectivity index (χ1v) is 9.62. The molecule has 134 valence electrons. The first kappa shape index (κ1) is 17.7. The topological polar surface area (TPSA) is 68.6 Å². The third kappa shape index (κ3) is 3.62. The van der Waals surface area contributed by atoms with E-state index in [2.05, 4.69) is 0 Å². The SMILES string of the molecule is Cc1cccc(S(=O)(=O)N2CCC(Oc3cc(C)n(C)c(=O)c3)C2)c1. The fraction of sp³-hybridized carbons (Fsp3) is 0.389. The van der Waals surface area contributed by atoms with Gasteiger partial charge in [-0.1, -0.05) is 12.1 Å². The molecule has 0 aliphatic carbocycles. The molecule has 1 fully saturated rings. The standard InChI is InChI=1S/C18H22N2O4S/c1-13-5-4-6-17(9-13)25(22,23)20-8-7-15(12-20)24-16-10-14(2)19(3)18(21)11-16/h4-6,9-11,15H,7-8,12H2,1-3H3. The van der Waals surface area contributed by atoms with Gasteiger partial charge in [0.2, 0.25) is 10.0 Å². The summed E-state index contributed by atoms with van der Waals surface area (Å²) in [7, 11) is -1.82. The number of hydrogen-bond donors (Lipinski definition) is 0. The van der Waals surface area contributed by atoms with Crippen LogP contribution in [0.3, 0.4) is 0 Å². The van der Waals surface area contributed by atoms with Gasteiger partial charge in [-0.25, -0.2) is 8.42 Å². The van der Waals surface area contributed by atoms with Crippen molar-refractivity contribution in [2.45, 2.75) is 31.3 Å². The van der Waals surface area contributed by atoms with E-state index in [1.165, 1.54) is 14.9 Å². The van der Waals surface area contributed by atoms with Crippen LogP contribution >= 0.6 is 0 Å². The summed E-state index contributed by atoms with van der Waals surface area (Å²) in [6.45, 7) is 4.39. The van der Waals surface area contributed by atoms with Gasteiger partial charge in [-0.15, -0.1) is 0 Å². The van der Waals surface area contributed by atoms with Crippen LogP contribution in [0.4, 0.5) is 0 Å². The zero-order chi connectivity index (χ0) is 18.2. The molecule has 3 rings (SSSR count). The average molecular weight is 362 g/mol. The third-order valence-electron chi connectivity index (χ3n) is 4.51. The lowest BCUT2D eigenvalue weighted by Gasteiger charge is -2.18. The summed E-state index contributed by atoms with van der Waals surface area (Å²) < 4.78 is 34.3. The molecule has 1 unspecified atom stereocenters. The number of rotatable bonds is 4. The largest absolute Gasteiger partial charge is 0.489 e. The summed E-state index contributed by atoms with van der Waals surface area (Å²) in [6, 6.07) is 10.1. The summed E-state index contributed by atoms with van der Waals surface area (Å²) in [5.41, 5.74) is 1.56. The lowest BCUT2D eigenvalue weighted by atomic mass is 10.2. The van der Waals surface area contributed by atoms with Gasteiger partial charge in [-0.2, -0.15) is 4.31 Å². The van der Waals surface area contributed by atoms with E-state index in [0.29, 0.717) is 23.6 Å². The second-order valence-corrected chi connectivity index (χ2v) is 8.38. The van der Waals surface area contributed by atoms with Crippen molar-refractivity contribution >= 4 is 10.0 Å². The quantitative estimate of drug-likeness (QED) is 0.832. The molecule has 1 aromatic heterocycles. The van der Waals surface area contributed by atoms with Crippen LogP contribution in [0, 0.1) is 13.8 Å². The van der Waals surface area contributed by atoms with Gasteiger partial charge in [-0.3, -0.25) is 4.79 Å². The van der Waals surface area contributed by atoms with Crippen LogP contribution in [0.5, 0.6) is 5.75 Å². The number of pyridine rings is 1. The van der Waals surface area contributed by atoms with Crippen molar-refractivity contribution in [1.82, 2.24) is 8.87 Å². The van der Waals surface area contributed by atoms with E-state index >= 15 is 0 Å². The highest BCUT2D eigenvalue weighted by molar-refractivity contribution is 7.89. The molecule has 7 heteroatoms. The molecule has 0 saturated carbocycles. The van der Waals surface area contributed by atoms with Crippen LogP contribution in [0.1, 0.15) is 17.7 Å².